The molecule has 2 rings (SSSR count). The van der Waals surface area contributed by atoms with Crippen molar-refractivity contribution in [2.24, 2.45) is 0 Å². The standard InChI is InChI=1S/C13H10ClN3O2/c14-10-1-3-11(4-2-10)16-13(19)17-12(18)9-5-7-15-8-6-9/h1-8H,(H2,16,17,18,19). The van der Waals surface area contributed by atoms with Gasteiger partial charge < -0.3 is 5.32 Å². The van der Waals surface area contributed by atoms with Gasteiger partial charge in [-0.2, -0.15) is 0 Å². The highest BCUT2D eigenvalue weighted by Gasteiger charge is 2.09. The van der Waals surface area contributed by atoms with E-state index in [-0.39, 0.29) is 0 Å². The van der Waals surface area contributed by atoms with E-state index in [0.29, 0.717) is 16.3 Å². The van der Waals surface area contributed by atoms with Gasteiger partial charge in [-0.3, -0.25) is 15.1 Å². The number of imide groups is 1. The maximum atomic E-state index is 11.7. The van der Waals surface area contributed by atoms with E-state index in [9.17, 15) is 9.59 Å². The van der Waals surface area contributed by atoms with E-state index in [1.54, 1.807) is 24.3 Å². The molecule has 19 heavy (non-hydrogen) atoms. The minimum absolute atomic E-state index is 0.362. The number of aromatic nitrogens is 1. The highest BCUT2D eigenvalue weighted by molar-refractivity contribution is 6.30. The molecule has 3 amide bonds. The minimum Gasteiger partial charge on any atom is -0.308 e. The number of anilines is 1. The lowest BCUT2D eigenvalue weighted by atomic mass is 10.2. The summed E-state index contributed by atoms with van der Waals surface area (Å²) in [6, 6.07) is 8.99. The van der Waals surface area contributed by atoms with E-state index >= 15 is 0 Å². The average Bonchev–Trinajstić information content (AvgIpc) is 2.42. The minimum atomic E-state index is -0.607. The zero-order valence-corrected chi connectivity index (χ0v) is 10.5. The topological polar surface area (TPSA) is 71.1 Å². The second-order valence-electron chi connectivity index (χ2n) is 3.65. The van der Waals surface area contributed by atoms with Gasteiger partial charge in [0, 0.05) is 28.7 Å². The molecule has 0 bridgehead atoms. The van der Waals surface area contributed by atoms with E-state index in [1.807, 2.05) is 0 Å². The van der Waals surface area contributed by atoms with Crippen LogP contribution in [0.2, 0.25) is 5.02 Å². The normalized spacial score (nSPS) is 9.74. The summed E-state index contributed by atoms with van der Waals surface area (Å²) in [5, 5.41) is 5.30. The lowest BCUT2D eigenvalue weighted by molar-refractivity contribution is 0.0967. The summed E-state index contributed by atoms with van der Waals surface area (Å²) in [4.78, 5) is 27.1. The zero-order valence-electron chi connectivity index (χ0n) is 9.76. The lowest BCUT2D eigenvalue weighted by Crippen LogP contribution is -2.34. The smallest absolute Gasteiger partial charge is 0.308 e. The van der Waals surface area contributed by atoms with Crippen LogP contribution in [-0.2, 0) is 0 Å². The Morgan fingerprint density at radius 1 is 1.00 bits per heavy atom. The van der Waals surface area contributed by atoms with Crippen LogP contribution >= 0.6 is 11.6 Å². The first-order valence-corrected chi connectivity index (χ1v) is 5.81. The van der Waals surface area contributed by atoms with Crippen LogP contribution in [0.1, 0.15) is 10.4 Å². The molecule has 0 aliphatic rings. The highest BCUT2D eigenvalue weighted by Crippen LogP contribution is 2.13. The first-order chi connectivity index (χ1) is 9.15. The van der Waals surface area contributed by atoms with Crippen molar-refractivity contribution >= 4 is 29.2 Å². The van der Waals surface area contributed by atoms with Gasteiger partial charge in [0.05, 0.1) is 0 Å². The summed E-state index contributed by atoms with van der Waals surface area (Å²) in [5.74, 6) is -0.492. The van der Waals surface area contributed by atoms with Crippen LogP contribution in [0.3, 0.4) is 0 Å². The fraction of sp³-hybridized carbons (Fsp3) is 0. The monoisotopic (exact) mass is 275 g/mol. The predicted molar refractivity (Wildman–Crippen MR) is 72.2 cm³/mol. The third-order valence-electron chi connectivity index (χ3n) is 2.27. The number of nitrogens with zero attached hydrogens (tertiary/aromatic N) is 1. The van der Waals surface area contributed by atoms with Crippen LogP contribution in [0.15, 0.2) is 48.8 Å². The molecule has 0 saturated heterocycles. The van der Waals surface area contributed by atoms with Gasteiger partial charge in [0.25, 0.3) is 5.91 Å². The van der Waals surface area contributed by atoms with Gasteiger partial charge in [-0.15, -0.1) is 0 Å². The van der Waals surface area contributed by atoms with Crippen molar-refractivity contribution in [1.29, 1.82) is 0 Å². The summed E-state index contributed by atoms with van der Waals surface area (Å²) in [7, 11) is 0. The molecule has 0 unspecified atom stereocenters. The molecule has 2 aromatic rings. The second kappa shape index (κ2) is 5.97. The first-order valence-electron chi connectivity index (χ1n) is 5.43. The lowest BCUT2D eigenvalue weighted by Gasteiger charge is -2.06. The van der Waals surface area contributed by atoms with Gasteiger partial charge in [0.15, 0.2) is 0 Å². The van der Waals surface area contributed by atoms with Crippen LogP contribution in [0, 0.1) is 0 Å². The molecule has 0 aliphatic heterocycles. The molecule has 0 fully saturated rings. The number of halogens is 1. The number of urea groups is 1. The van der Waals surface area contributed by atoms with E-state index in [4.69, 9.17) is 11.6 Å². The number of amides is 3. The summed E-state index contributed by atoms with van der Waals surface area (Å²) < 4.78 is 0. The second-order valence-corrected chi connectivity index (χ2v) is 4.09. The van der Waals surface area contributed by atoms with Crippen molar-refractivity contribution < 1.29 is 9.59 Å². The fourth-order valence-electron chi connectivity index (χ4n) is 1.37. The number of benzene rings is 1. The molecule has 96 valence electrons. The largest absolute Gasteiger partial charge is 0.326 e. The van der Waals surface area contributed by atoms with Gasteiger partial charge in [0.1, 0.15) is 0 Å². The average molecular weight is 276 g/mol. The van der Waals surface area contributed by atoms with E-state index < -0.39 is 11.9 Å². The summed E-state index contributed by atoms with van der Waals surface area (Å²) in [5.41, 5.74) is 0.908. The Hall–Kier alpha value is -2.40. The number of pyridine rings is 1. The molecule has 0 aliphatic carbocycles. The van der Waals surface area contributed by atoms with E-state index in [0.717, 1.165) is 0 Å². The maximum Gasteiger partial charge on any atom is 0.326 e. The van der Waals surface area contributed by atoms with Gasteiger partial charge >= 0.3 is 6.03 Å². The molecular formula is C13H10ClN3O2. The summed E-state index contributed by atoms with van der Waals surface area (Å²) in [6.45, 7) is 0. The SMILES string of the molecule is O=C(NC(=O)c1ccncc1)Nc1ccc(Cl)cc1. The number of carbonyl (C=O) groups is 2. The molecule has 1 aromatic carbocycles. The van der Waals surface area contributed by atoms with Gasteiger partial charge in [-0.05, 0) is 36.4 Å². The molecule has 5 nitrogen and oxygen atoms in total. The quantitative estimate of drug-likeness (QED) is 0.885. The van der Waals surface area contributed by atoms with Crippen LogP contribution < -0.4 is 10.6 Å². The van der Waals surface area contributed by atoms with E-state index in [1.165, 1.54) is 24.5 Å². The number of hydrogen-bond donors (Lipinski definition) is 2. The molecule has 2 N–H and O–H groups in total. The summed E-state index contributed by atoms with van der Waals surface area (Å²) in [6.07, 6.45) is 2.96. The molecular weight excluding hydrogens is 266 g/mol. The molecule has 0 atom stereocenters. The molecule has 0 radical (unpaired) electrons. The van der Waals surface area contributed by atoms with Gasteiger partial charge in [-0.1, -0.05) is 11.6 Å². The number of hydrogen-bond acceptors (Lipinski definition) is 3. The van der Waals surface area contributed by atoms with Crippen LogP contribution in [0.5, 0.6) is 0 Å². The molecule has 1 aromatic heterocycles. The Kier molecular flexibility index (Phi) is 4.10. The Bertz CT molecular complexity index is 585. The fourth-order valence-corrected chi connectivity index (χ4v) is 1.50. The molecule has 0 spiro atoms. The Labute approximate surface area is 114 Å². The first kappa shape index (κ1) is 13.0. The van der Waals surface area contributed by atoms with Crippen molar-refractivity contribution in [2.45, 2.75) is 0 Å². The van der Waals surface area contributed by atoms with Gasteiger partial charge in [-0.25, -0.2) is 4.79 Å². The van der Waals surface area contributed by atoms with Crippen LogP contribution in [-0.4, -0.2) is 16.9 Å². The Morgan fingerprint density at radius 3 is 2.26 bits per heavy atom. The third-order valence-corrected chi connectivity index (χ3v) is 2.52. The van der Waals surface area contributed by atoms with E-state index in [2.05, 4.69) is 15.6 Å². The van der Waals surface area contributed by atoms with Gasteiger partial charge in [0.2, 0.25) is 0 Å². The van der Waals surface area contributed by atoms with Crippen molar-refractivity contribution in [3.05, 3.63) is 59.4 Å². The van der Waals surface area contributed by atoms with Crippen molar-refractivity contribution in [3.8, 4) is 0 Å². The zero-order chi connectivity index (χ0) is 13.7. The van der Waals surface area contributed by atoms with Crippen molar-refractivity contribution in [1.82, 2.24) is 10.3 Å². The molecule has 1 heterocycles. The maximum absolute atomic E-state index is 11.7. The highest BCUT2D eigenvalue weighted by atomic mass is 35.5. The number of nitrogens with one attached hydrogen (secondary N) is 2. The third kappa shape index (κ3) is 3.79. The Balaban J connectivity index is 1.95. The Morgan fingerprint density at radius 2 is 1.63 bits per heavy atom. The molecule has 0 saturated carbocycles. The van der Waals surface area contributed by atoms with Crippen molar-refractivity contribution in [2.75, 3.05) is 5.32 Å². The number of rotatable bonds is 2. The summed E-state index contributed by atoms with van der Waals surface area (Å²) >= 11 is 5.72. The van der Waals surface area contributed by atoms with Crippen LogP contribution in [0.25, 0.3) is 0 Å². The molecule has 6 heteroatoms. The van der Waals surface area contributed by atoms with Crippen LogP contribution in [0.4, 0.5) is 10.5 Å². The van der Waals surface area contributed by atoms with Crippen molar-refractivity contribution in [3.63, 3.8) is 0 Å². The predicted octanol–water partition coefficient (Wildman–Crippen LogP) is 2.70. The number of carbonyl (C=O) groups excluding carboxylic acids is 2.